The van der Waals surface area contributed by atoms with Crippen LogP contribution in [-0.4, -0.2) is 43.0 Å². The zero-order valence-electron chi connectivity index (χ0n) is 16.8. The monoisotopic (exact) mass is 423 g/mol. The maximum atomic E-state index is 13.5. The lowest BCUT2D eigenvalue weighted by atomic mass is 9.81. The van der Waals surface area contributed by atoms with Gasteiger partial charge in [-0.15, -0.1) is 11.3 Å². The molecule has 0 saturated carbocycles. The van der Waals surface area contributed by atoms with Gasteiger partial charge < -0.3 is 19.7 Å². The summed E-state index contributed by atoms with van der Waals surface area (Å²) >= 11 is 1.51. The summed E-state index contributed by atoms with van der Waals surface area (Å²) in [5.74, 6) is 0.286. The molecule has 0 unspecified atom stereocenters. The molecule has 0 spiro atoms. The molecule has 0 bridgehead atoms. The van der Waals surface area contributed by atoms with E-state index in [0.29, 0.717) is 28.4 Å². The number of ether oxygens (including phenoxy) is 2. The number of fused-ring (bicyclic) bond motifs is 1. The molecule has 7 nitrogen and oxygen atoms in total. The number of likely N-dealkylation sites (N-methyl/N-ethyl adjacent to an activating group) is 1. The number of amides is 2. The van der Waals surface area contributed by atoms with Gasteiger partial charge in [0.05, 0.1) is 26.2 Å². The van der Waals surface area contributed by atoms with Gasteiger partial charge in [0.25, 0.3) is 5.91 Å². The van der Waals surface area contributed by atoms with Crippen LogP contribution in [0.25, 0.3) is 0 Å². The molecule has 0 fully saturated rings. The minimum Gasteiger partial charge on any atom is -0.493 e. The first kappa shape index (κ1) is 19.9. The van der Waals surface area contributed by atoms with Gasteiger partial charge in [-0.25, -0.2) is 4.98 Å². The molecule has 4 rings (SSSR count). The Morgan fingerprint density at radius 2 is 1.90 bits per heavy atom. The third-order valence-corrected chi connectivity index (χ3v) is 6.15. The number of rotatable bonds is 5. The lowest BCUT2D eigenvalue weighted by Crippen LogP contribution is -2.43. The molecule has 1 aromatic carbocycles. The van der Waals surface area contributed by atoms with Crippen LogP contribution in [0.15, 0.2) is 54.0 Å². The third kappa shape index (κ3) is 3.39. The second-order valence-corrected chi connectivity index (χ2v) is 7.83. The van der Waals surface area contributed by atoms with Crippen LogP contribution in [0.2, 0.25) is 0 Å². The average Bonchev–Trinajstić information content (AvgIpc) is 3.30. The minimum absolute atomic E-state index is 0.175. The Morgan fingerprint density at radius 1 is 1.13 bits per heavy atom. The van der Waals surface area contributed by atoms with Crippen molar-refractivity contribution in [1.82, 2.24) is 9.88 Å². The first-order chi connectivity index (χ1) is 14.5. The van der Waals surface area contributed by atoms with Crippen molar-refractivity contribution in [3.63, 3.8) is 0 Å². The van der Waals surface area contributed by atoms with E-state index in [1.54, 1.807) is 48.5 Å². The average molecular weight is 423 g/mol. The molecule has 30 heavy (non-hydrogen) atoms. The van der Waals surface area contributed by atoms with Crippen LogP contribution >= 0.6 is 11.3 Å². The molecule has 1 aliphatic rings. The molecule has 8 heteroatoms. The Hall–Kier alpha value is -3.39. The number of anilines is 1. The van der Waals surface area contributed by atoms with Crippen molar-refractivity contribution in [2.75, 3.05) is 26.6 Å². The zero-order valence-corrected chi connectivity index (χ0v) is 17.6. The van der Waals surface area contributed by atoms with Gasteiger partial charge in [0.15, 0.2) is 11.5 Å². The van der Waals surface area contributed by atoms with Gasteiger partial charge in [-0.3, -0.25) is 9.59 Å². The van der Waals surface area contributed by atoms with Gasteiger partial charge in [-0.05, 0) is 41.3 Å². The second kappa shape index (κ2) is 8.16. The molecular weight excluding hydrogens is 402 g/mol. The van der Waals surface area contributed by atoms with Crippen LogP contribution in [-0.2, 0) is 4.79 Å². The molecule has 0 radical (unpaired) electrons. The van der Waals surface area contributed by atoms with Gasteiger partial charge in [0, 0.05) is 23.7 Å². The number of aromatic nitrogens is 1. The maximum absolute atomic E-state index is 13.5. The molecule has 3 aromatic rings. The number of nitrogens with zero attached hydrogens (tertiary/aromatic N) is 2. The fourth-order valence-corrected chi connectivity index (χ4v) is 4.69. The van der Waals surface area contributed by atoms with Crippen LogP contribution in [0.3, 0.4) is 0 Å². The molecule has 1 aliphatic heterocycles. The van der Waals surface area contributed by atoms with Crippen molar-refractivity contribution in [2.24, 2.45) is 0 Å². The summed E-state index contributed by atoms with van der Waals surface area (Å²) in [6, 6.07) is 12.1. The number of pyridine rings is 1. The highest BCUT2D eigenvalue weighted by Crippen LogP contribution is 2.46. The third-order valence-electron chi connectivity index (χ3n) is 5.21. The normalized spacial score (nSPS) is 18.0. The van der Waals surface area contributed by atoms with Crippen molar-refractivity contribution >= 4 is 29.0 Å². The van der Waals surface area contributed by atoms with Gasteiger partial charge in [-0.2, -0.15) is 0 Å². The Balaban J connectivity index is 1.87. The summed E-state index contributed by atoms with van der Waals surface area (Å²) in [5, 5.41) is 4.83. The number of carbonyl (C=O) groups is 2. The van der Waals surface area contributed by atoms with E-state index in [2.05, 4.69) is 10.3 Å². The lowest BCUT2D eigenvalue weighted by Gasteiger charge is -2.39. The van der Waals surface area contributed by atoms with Crippen LogP contribution in [0, 0.1) is 0 Å². The molecule has 2 amide bonds. The van der Waals surface area contributed by atoms with Crippen molar-refractivity contribution in [1.29, 1.82) is 0 Å². The maximum Gasteiger partial charge on any atom is 0.254 e. The molecule has 3 heterocycles. The summed E-state index contributed by atoms with van der Waals surface area (Å²) in [5.41, 5.74) is 1.02. The number of benzene rings is 1. The predicted molar refractivity (Wildman–Crippen MR) is 114 cm³/mol. The Bertz CT molecular complexity index is 1070. The molecule has 0 saturated heterocycles. The number of nitrogens with one attached hydrogen (secondary N) is 1. The van der Waals surface area contributed by atoms with E-state index in [0.717, 1.165) is 4.88 Å². The number of hydrogen-bond donors (Lipinski definition) is 1. The van der Waals surface area contributed by atoms with E-state index in [1.165, 1.54) is 25.6 Å². The quantitative estimate of drug-likeness (QED) is 0.677. The highest BCUT2D eigenvalue weighted by Gasteiger charge is 2.44. The molecule has 154 valence electrons. The highest BCUT2D eigenvalue weighted by atomic mass is 32.1. The first-order valence-corrected chi connectivity index (χ1v) is 10.2. The number of thiophene rings is 1. The fourth-order valence-electron chi connectivity index (χ4n) is 3.79. The van der Waals surface area contributed by atoms with Gasteiger partial charge in [0.1, 0.15) is 5.82 Å². The number of carbonyl (C=O) groups excluding carboxylic acids is 2. The predicted octanol–water partition coefficient (Wildman–Crippen LogP) is 3.71. The zero-order chi connectivity index (χ0) is 21.3. The minimum atomic E-state index is -0.650. The fraction of sp³-hybridized carbons (Fsp3) is 0.227. The summed E-state index contributed by atoms with van der Waals surface area (Å²) in [6.45, 7) is 0. The molecule has 0 aliphatic carbocycles. The van der Waals surface area contributed by atoms with Crippen molar-refractivity contribution < 1.29 is 19.1 Å². The van der Waals surface area contributed by atoms with Crippen LogP contribution in [0.5, 0.6) is 11.5 Å². The topological polar surface area (TPSA) is 80.8 Å². The smallest absolute Gasteiger partial charge is 0.254 e. The van der Waals surface area contributed by atoms with Crippen LogP contribution in [0.1, 0.15) is 32.8 Å². The highest BCUT2D eigenvalue weighted by molar-refractivity contribution is 7.10. The van der Waals surface area contributed by atoms with Gasteiger partial charge in [0.2, 0.25) is 5.91 Å². The Morgan fingerprint density at radius 3 is 2.53 bits per heavy atom. The van der Waals surface area contributed by atoms with Crippen molar-refractivity contribution in [3.05, 3.63) is 70.0 Å². The molecule has 1 N–H and O–H groups in total. The summed E-state index contributed by atoms with van der Waals surface area (Å²) in [7, 11) is 4.76. The van der Waals surface area contributed by atoms with E-state index in [1.807, 2.05) is 17.5 Å². The van der Waals surface area contributed by atoms with E-state index in [4.69, 9.17) is 9.47 Å². The van der Waals surface area contributed by atoms with E-state index < -0.39 is 12.0 Å². The van der Waals surface area contributed by atoms with Crippen LogP contribution < -0.4 is 14.8 Å². The van der Waals surface area contributed by atoms with Crippen molar-refractivity contribution in [2.45, 2.75) is 12.0 Å². The molecule has 2 atom stereocenters. The summed E-state index contributed by atoms with van der Waals surface area (Å²) < 4.78 is 10.8. The van der Waals surface area contributed by atoms with Crippen LogP contribution in [0.4, 0.5) is 5.82 Å². The van der Waals surface area contributed by atoms with Gasteiger partial charge in [-0.1, -0.05) is 12.1 Å². The van der Waals surface area contributed by atoms with E-state index in [9.17, 15) is 9.59 Å². The second-order valence-electron chi connectivity index (χ2n) is 6.85. The SMILES string of the molecule is COc1cc2c(cc1OC)[C@@H](C(=O)Nc1ccccn1)[C@H](c1cccs1)N(C)C2=O. The summed E-state index contributed by atoms with van der Waals surface area (Å²) in [6.07, 6.45) is 1.62. The molecule has 2 aromatic heterocycles. The number of hydrogen-bond acceptors (Lipinski definition) is 6. The Labute approximate surface area is 178 Å². The Kier molecular flexibility index (Phi) is 5.41. The summed E-state index contributed by atoms with van der Waals surface area (Å²) in [4.78, 5) is 33.4. The van der Waals surface area contributed by atoms with E-state index in [-0.39, 0.29) is 11.8 Å². The number of methoxy groups -OCH3 is 2. The lowest BCUT2D eigenvalue weighted by molar-refractivity contribution is -0.119. The van der Waals surface area contributed by atoms with Gasteiger partial charge >= 0.3 is 0 Å². The first-order valence-electron chi connectivity index (χ1n) is 9.33. The largest absolute Gasteiger partial charge is 0.493 e. The standard InChI is InChI=1S/C22H21N3O4S/c1-25-20(17-7-6-10-30-17)19(21(26)24-18-8-4-5-9-23-18)13-11-15(28-2)16(29-3)12-14(13)22(25)27/h4-12,19-20H,1-3H3,(H,23,24,26)/t19-,20+/m1/s1. The van der Waals surface area contributed by atoms with E-state index >= 15 is 0 Å². The van der Waals surface area contributed by atoms with Crippen molar-refractivity contribution in [3.8, 4) is 11.5 Å². The molecular formula is C22H21N3O4S.